The first-order chi connectivity index (χ1) is 20.6. The average Bonchev–Trinajstić information content (AvgIpc) is 3.74. The standard InChI is InChI=1S/C32H36F3N3O5S/c1-30(2,3)42-29(39)38-16-6-7-26(38)28-36-19-25(37-28)21-10-8-20(9-11-21)22-12-13-27(43-44(40,41)32(33,34)35)24-18-31(17-23(22)24)14-4-5-15-31/h8-13,19,26H,4-7,14-18H2,1-3H3,(H,36,37)/t26-/m0/s1. The Balaban J connectivity index is 1.26. The quantitative estimate of drug-likeness (QED) is 0.229. The van der Waals surface area contributed by atoms with Gasteiger partial charge < -0.3 is 13.9 Å². The Kier molecular flexibility index (Phi) is 7.49. The molecule has 3 aromatic rings. The Bertz CT molecular complexity index is 1670. The van der Waals surface area contributed by atoms with E-state index in [0.717, 1.165) is 66.5 Å². The van der Waals surface area contributed by atoms with Gasteiger partial charge in [-0.2, -0.15) is 21.6 Å². The first-order valence-electron chi connectivity index (χ1n) is 15.0. The number of nitrogens with one attached hydrogen (secondary N) is 1. The molecule has 1 spiro atoms. The topological polar surface area (TPSA) is 102 Å². The lowest BCUT2D eigenvalue weighted by molar-refractivity contribution is -0.0500. The molecule has 1 saturated carbocycles. The molecule has 0 radical (unpaired) electrons. The molecule has 236 valence electrons. The molecule has 1 amide bonds. The number of H-pyrrole nitrogens is 1. The number of carbonyl (C=O) groups excluding carboxylic acids is 1. The van der Waals surface area contributed by atoms with E-state index in [9.17, 15) is 26.4 Å². The number of aromatic nitrogens is 2. The number of ether oxygens (including phenoxy) is 1. The minimum Gasteiger partial charge on any atom is -0.444 e. The minimum atomic E-state index is -5.78. The van der Waals surface area contributed by atoms with Gasteiger partial charge in [0.2, 0.25) is 0 Å². The fourth-order valence-corrected chi connectivity index (χ4v) is 7.43. The van der Waals surface area contributed by atoms with Crippen molar-refractivity contribution in [2.24, 2.45) is 5.41 Å². The van der Waals surface area contributed by atoms with Crippen LogP contribution >= 0.6 is 0 Å². The zero-order valence-corrected chi connectivity index (χ0v) is 25.8. The van der Waals surface area contributed by atoms with Crippen LogP contribution in [0.3, 0.4) is 0 Å². The van der Waals surface area contributed by atoms with Crippen molar-refractivity contribution < 1.29 is 35.3 Å². The van der Waals surface area contributed by atoms with E-state index in [1.54, 1.807) is 17.2 Å². The summed E-state index contributed by atoms with van der Waals surface area (Å²) in [5.41, 5.74) is -1.38. The molecule has 6 rings (SSSR count). The average molecular weight is 632 g/mol. The monoisotopic (exact) mass is 631 g/mol. The largest absolute Gasteiger partial charge is 0.534 e. The molecule has 8 nitrogen and oxygen atoms in total. The van der Waals surface area contributed by atoms with Crippen molar-refractivity contribution >= 4 is 16.2 Å². The highest BCUT2D eigenvalue weighted by atomic mass is 32.2. The second-order valence-electron chi connectivity index (χ2n) is 13.2. The van der Waals surface area contributed by atoms with Gasteiger partial charge in [0.1, 0.15) is 17.2 Å². The second-order valence-corrected chi connectivity index (χ2v) is 14.7. The number of benzene rings is 2. The molecule has 44 heavy (non-hydrogen) atoms. The highest BCUT2D eigenvalue weighted by molar-refractivity contribution is 7.88. The van der Waals surface area contributed by atoms with Gasteiger partial charge in [-0.1, -0.05) is 43.2 Å². The molecule has 0 bridgehead atoms. The molecule has 0 unspecified atom stereocenters. The summed E-state index contributed by atoms with van der Waals surface area (Å²) in [6.07, 6.45) is 8.15. The summed E-state index contributed by atoms with van der Waals surface area (Å²) < 4.78 is 73.4. The van der Waals surface area contributed by atoms with Gasteiger partial charge in [0.15, 0.2) is 0 Å². The fraction of sp³-hybridized carbons (Fsp3) is 0.500. The molecule has 2 aliphatic carbocycles. The third-order valence-electron chi connectivity index (χ3n) is 8.94. The summed E-state index contributed by atoms with van der Waals surface area (Å²) in [5, 5.41) is 0. The molecule has 2 heterocycles. The van der Waals surface area contributed by atoms with E-state index in [1.165, 1.54) is 6.07 Å². The molecule has 3 aliphatic rings. The summed E-state index contributed by atoms with van der Waals surface area (Å²) >= 11 is 0. The van der Waals surface area contributed by atoms with Crippen LogP contribution in [0.1, 0.15) is 82.3 Å². The summed E-state index contributed by atoms with van der Waals surface area (Å²) in [5.74, 6) is 0.454. The van der Waals surface area contributed by atoms with Crippen molar-refractivity contribution in [3.05, 3.63) is 59.5 Å². The van der Waals surface area contributed by atoms with E-state index >= 15 is 0 Å². The number of imidazole rings is 1. The first-order valence-corrected chi connectivity index (χ1v) is 16.4. The predicted molar refractivity (Wildman–Crippen MR) is 158 cm³/mol. The van der Waals surface area contributed by atoms with Crippen LogP contribution in [0, 0.1) is 5.41 Å². The lowest BCUT2D eigenvalue weighted by Crippen LogP contribution is -2.36. The van der Waals surface area contributed by atoms with Crippen molar-refractivity contribution in [1.29, 1.82) is 0 Å². The zero-order valence-electron chi connectivity index (χ0n) is 25.0. The van der Waals surface area contributed by atoms with E-state index in [2.05, 4.69) is 14.2 Å². The number of hydrogen-bond donors (Lipinski definition) is 1. The molecule has 2 aromatic carbocycles. The lowest BCUT2D eigenvalue weighted by atomic mass is 9.83. The van der Waals surface area contributed by atoms with Gasteiger partial charge in [0, 0.05) is 12.1 Å². The summed E-state index contributed by atoms with van der Waals surface area (Å²) in [4.78, 5) is 22.4. The number of hydrogen-bond acceptors (Lipinski definition) is 6. The number of aromatic amines is 1. The van der Waals surface area contributed by atoms with Gasteiger partial charge in [-0.15, -0.1) is 0 Å². The van der Waals surface area contributed by atoms with E-state index in [1.807, 2.05) is 45.0 Å². The Labute approximate surface area is 255 Å². The SMILES string of the molecule is CC(C)(C)OC(=O)N1CCC[C@H]1c1ncc(-c2ccc(-c3ccc(OS(=O)(=O)C(F)(F)F)c4c3CC3(CCCC3)C4)cc2)[nH]1. The lowest BCUT2D eigenvalue weighted by Gasteiger charge is -2.27. The van der Waals surface area contributed by atoms with Gasteiger partial charge in [0.05, 0.1) is 17.9 Å². The van der Waals surface area contributed by atoms with Crippen molar-refractivity contribution in [3.63, 3.8) is 0 Å². The summed E-state index contributed by atoms with van der Waals surface area (Å²) in [6, 6.07) is 10.6. The van der Waals surface area contributed by atoms with Crippen LogP contribution in [0.15, 0.2) is 42.6 Å². The van der Waals surface area contributed by atoms with Crippen LogP contribution in [0.25, 0.3) is 22.4 Å². The second kappa shape index (κ2) is 10.8. The Morgan fingerprint density at radius 2 is 1.64 bits per heavy atom. The van der Waals surface area contributed by atoms with Crippen LogP contribution in [0.5, 0.6) is 5.75 Å². The molecular formula is C32H36F3N3O5S. The van der Waals surface area contributed by atoms with Gasteiger partial charge in [-0.25, -0.2) is 9.78 Å². The molecular weight excluding hydrogens is 595 g/mol. The number of halogens is 3. The van der Waals surface area contributed by atoms with Crippen molar-refractivity contribution in [3.8, 4) is 28.1 Å². The molecule has 1 atom stereocenters. The molecule has 1 aromatic heterocycles. The normalized spacial score (nSPS) is 19.9. The van der Waals surface area contributed by atoms with Crippen molar-refractivity contribution in [2.75, 3.05) is 6.54 Å². The van der Waals surface area contributed by atoms with Crippen LogP contribution in [0.2, 0.25) is 0 Å². The maximum atomic E-state index is 13.1. The maximum Gasteiger partial charge on any atom is 0.534 e. The van der Waals surface area contributed by atoms with E-state index in [4.69, 9.17) is 4.74 Å². The number of amides is 1. The van der Waals surface area contributed by atoms with E-state index < -0.39 is 21.2 Å². The Morgan fingerprint density at radius 1 is 0.977 bits per heavy atom. The van der Waals surface area contributed by atoms with Crippen LogP contribution in [-0.2, 0) is 27.7 Å². The maximum absolute atomic E-state index is 13.1. The summed E-state index contributed by atoms with van der Waals surface area (Å²) in [6.45, 7) is 6.12. The zero-order chi connectivity index (χ0) is 31.5. The summed E-state index contributed by atoms with van der Waals surface area (Å²) in [7, 11) is -5.78. The van der Waals surface area contributed by atoms with E-state index in [0.29, 0.717) is 30.8 Å². The first kappa shape index (κ1) is 30.5. The van der Waals surface area contributed by atoms with Gasteiger partial charge in [-0.3, -0.25) is 4.90 Å². The number of carbonyl (C=O) groups is 1. The Morgan fingerprint density at radius 3 is 2.30 bits per heavy atom. The molecule has 1 N–H and O–H groups in total. The molecule has 12 heteroatoms. The van der Waals surface area contributed by atoms with Crippen LogP contribution in [0.4, 0.5) is 18.0 Å². The van der Waals surface area contributed by atoms with Gasteiger partial charge in [-0.05, 0) is 93.0 Å². The minimum absolute atomic E-state index is 0.0851. The molecule has 1 aliphatic heterocycles. The highest BCUT2D eigenvalue weighted by Gasteiger charge is 2.50. The number of alkyl halides is 3. The van der Waals surface area contributed by atoms with Crippen molar-refractivity contribution in [1.82, 2.24) is 14.9 Å². The van der Waals surface area contributed by atoms with Gasteiger partial charge in [0.25, 0.3) is 0 Å². The number of fused-ring (bicyclic) bond motifs is 1. The highest BCUT2D eigenvalue weighted by Crippen LogP contribution is 2.53. The third kappa shape index (κ3) is 5.80. The molecule has 2 fully saturated rings. The number of nitrogens with zero attached hydrogens (tertiary/aromatic N) is 2. The van der Waals surface area contributed by atoms with Gasteiger partial charge >= 0.3 is 21.7 Å². The smallest absolute Gasteiger partial charge is 0.444 e. The Hall–Kier alpha value is -3.54. The van der Waals surface area contributed by atoms with Crippen LogP contribution < -0.4 is 4.18 Å². The predicted octanol–water partition coefficient (Wildman–Crippen LogP) is 7.70. The third-order valence-corrected chi connectivity index (χ3v) is 9.90. The fourth-order valence-electron chi connectivity index (χ4n) is 6.94. The molecule has 1 saturated heterocycles. The van der Waals surface area contributed by atoms with E-state index in [-0.39, 0.29) is 23.3 Å². The van der Waals surface area contributed by atoms with Crippen LogP contribution in [-0.4, -0.2) is 47.0 Å². The number of rotatable bonds is 5. The van der Waals surface area contributed by atoms with Crippen molar-refractivity contribution in [2.45, 2.75) is 89.3 Å². The number of likely N-dealkylation sites (tertiary alicyclic amines) is 1.